The fraction of sp³-hybridized carbons (Fsp3) is 0.105. The Morgan fingerprint density at radius 1 is 1.27 bits per heavy atom. The maximum absolute atomic E-state index is 12.6. The van der Waals surface area contributed by atoms with Gasteiger partial charge >= 0.3 is 5.97 Å². The topological polar surface area (TPSA) is 116 Å². The molecule has 1 N–H and O–H groups in total. The summed E-state index contributed by atoms with van der Waals surface area (Å²) in [6.07, 6.45) is 1.43. The minimum absolute atomic E-state index is 0.0218. The molecule has 2 aromatic heterocycles. The van der Waals surface area contributed by atoms with Crippen LogP contribution in [0.25, 0.3) is 0 Å². The molecule has 0 radical (unpaired) electrons. The highest BCUT2D eigenvalue weighted by molar-refractivity contribution is 7.91. The van der Waals surface area contributed by atoms with E-state index in [4.69, 9.17) is 20.8 Å². The van der Waals surface area contributed by atoms with Gasteiger partial charge in [0.2, 0.25) is 14.9 Å². The van der Waals surface area contributed by atoms with Crippen LogP contribution in [0.2, 0.25) is 5.02 Å². The number of ether oxygens (including phenoxy) is 1. The number of rotatable bonds is 7. The lowest BCUT2D eigenvalue weighted by atomic mass is 10.4. The number of carbonyl (C=O) groups excluding carboxylic acids is 2. The average Bonchev–Trinajstić information content (AvgIpc) is 3.34. The van der Waals surface area contributed by atoms with Crippen molar-refractivity contribution in [1.29, 1.82) is 0 Å². The summed E-state index contributed by atoms with van der Waals surface area (Å²) in [6.45, 7) is 5.11. The number of sulfone groups is 1. The van der Waals surface area contributed by atoms with E-state index in [1.54, 1.807) is 6.92 Å². The summed E-state index contributed by atoms with van der Waals surface area (Å²) in [7, 11) is -3.95. The maximum atomic E-state index is 12.6. The number of esters is 1. The zero-order chi connectivity index (χ0) is 21.9. The third-order valence-corrected chi connectivity index (χ3v) is 6.68. The number of furan rings is 1. The van der Waals surface area contributed by atoms with Crippen molar-refractivity contribution in [3.05, 3.63) is 70.4 Å². The van der Waals surface area contributed by atoms with Crippen LogP contribution in [0.3, 0.4) is 0 Å². The van der Waals surface area contributed by atoms with Crippen LogP contribution in [0, 0.1) is 6.92 Å². The first-order valence-electron chi connectivity index (χ1n) is 8.39. The van der Waals surface area contributed by atoms with E-state index in [0.29, 0.717) is 10.7 Å². The quantitative estimate of drug-likeness (QED) is 0.411. The third kappa shape index (κ3) is 4.61. The van der Waals surface area contributed by atoms with Gasteiger partial charge in [-0.25, -0.2) is 18.2 Å². The molecule has 0 spiro atoms. The van der Waals surface area contributed by atoms with Gasteiger partial charge < -0.3 is 9.15 Å². The molecule has 3 aromatic rings. The second kappa shape index (κ2) is 8.82. The number of aromatic nitrogens is 1. The number of nitrogens with zero attached hydrogens (tertiary/aromatic N) is 1. The molecule has 30 heavy (non-hydrogen) atoms. The molecule has 0 aliphatic rings. The molecule has 0 saturated heterocycles. The van der Waals surface area contributed by atoms with Crippen LogP contribution in [0.1, 0.15) is 25.9 Å². The van der Waals surface area contributed by atoms with Gasteiger partial charge in [0.1, 0.15) is 11.5 Å². The molecular formula is C19H15ClN2O6S2. The predicted octanol–water partition coefficient (Wildman–Crippen LogP) is 4.13. The number of nitrogens with one attached hydrogen (secondary N) is 1. The summed E-state index contributed by atoms with van der Waals surface area (Å²) >= 11 is 6.71. The van der Waals surface area contributed by atoms with Gasteiger partial charge in [-0.05, 0) is 43.3 Å². The Labute approximate surface area is 181 Å². The number of thiazole rings is 1. The molecule has 0 aliphatic heterocycles. The van der Waals surface area contributed by atoms with Crippen molar-refractivity contribution < 1.29 is 27.2 Å². The number of halogens is 1. The minimum atomic E-state index is -3.95. The van der Waals surface area contributed by atoms with Gasteiger partial charge in [-0.2, -0.15) is 0 Å². The molecule has 0 aliphatic carbocycles. The smallest absolute Gasteiger partial charge is 0.350 e. The Morgan fingerprint density at radius 2 is 1.97 bits per heavy atom. The fourth-order valence-corrected chi connectivity index (χ4v) is 4.47. The summed E-state index contributed by atoms with van der Waals surface area (Å²) in [5.74, 6) is -1.53. The van der Waals surface area contributed by atoms with E-state index in [2.05, 4.69) is 16.9 Å². The standard InChI is InChI=1S/C19H15ClN2O6S2/c1-3-10-27-18(24)16-11(2)21-19(29-16)22-17(23)14-8-9-15(28-14)30(25,26)13-6-4-12(20)5-7-13/h3-9H,1,10H2,2H3,(H,21,22,23). The molecule has 3 rings (SSSR count). The predicted molar refractivity (Wildman–Crippen MR) is 111 cm³/mol. The average molecular weight is 467 g/mol. The summed E-state index contributed by atoms with van der Waals surface area (Å²) in [5, 5.41) is 2.62. The van der Waals surface area contributed by atoms with Crippen LogP contribution >= 0.6 is 22.9 Å². The lowest BCUT2D eigenvalue weighted by molar-refractivity contribution is 0.0554. The van der Waals surface area contributed by atoms with Crippen LogP contribution in [-0.4, -0.2) is 31.9 Å². The zero-order valence-corrected chi connectivity index (χ0v) is 17.9. The zero-order valence-electron chi connectivity index (χ0n) is 15.5. The first-order chi connectivity index (χ1) is 14.2. The summed E-state index contributed by atoms with van der Waals surface area (Å²) in [5.41, 5.74) is 0.384. The van der Waals surface area contributed by atoms with E-state index in [1.165, 1.54) is 42.5 Å². The van der Waals surface area contributed by atoms with E-state index in [1.807, 2.05) is 0 Å². The number of carbonyl (C=O) groups is 2. The van der Waals surface area contributed by atoms with E-state index in [9.17, 15) is 18.0 Å². The van der Waals surface area contributed by atoms with Gasteiger partial charge in [-0.1, -0.05) is 35.6 Å². The monoisotopic (exact) mass is 466 g/mol. The molecule has 0 unspecified atom stereocenters. The molecular weight excluding hydrogens is 452 g/mol. The van der Waals surface area contributed by atoms with Crippen molar-refractivity contribution >= 4 is 49.8 Å². The van der Waals surface area contributed by atoms with Gasteiger partial charge in [0, 0.05) is 5.02 Å². The van der Waals surface area contributed by atoms with E-state index in [-0.39, 0.29) is 32.4 Å². The van der Waals surface area contributed by atoms with Crippen LogP contribution in [0.4, 0.5) is 5.13 Å². The molecule has 0 fully saturated rings. The Bertz CT molecular complexity index is 1210. The molecule has 2 heterocycles. The van der Waals surface area contributed by atoms with Crippen molar-refractivity contribution in [2.45, 2.75) is 16.9 Å². The number of hydrogen-bond acceptors (Lipinski definition) is 8. The summed E-state index contributed by atoms with van der Waals surface area (Å²) in [6, 6.07) is 7.97. The molecule has 0 bridgehead atoms. The highest BCUT2D eigenvalue weighted by Gasteiger charge is 2.24. The molecule has 8 nitrogen and oxygen atoms in total. The highest BCUT2D eigenvalue weighted by Crippen LogP contribution is 2.26. The van der Waals surface area contributed by atoms with E-state index < -0.39 is 21.7 Å². The lowest BCUT2D eigenvalue weighted by Gasteiger charge is -2.01. The number of hydrogen-bond donors (Lipinski definition) is 1. The first kappa shape index (κ1) is 21.8. The Balaban J connectivity index is 1.76. The molecule has 0 atom stereocenters. The fourth-order valence-electron chi connectivity index (χ4n) is 2.31. The lowest BCUT2D eigenvalue weighted by Crippen LogP contribution is -2.10. The normalized spacial score (nSPS) is 11.1. The molecule has 0 saturated carbocycles. The molecule has 156 valence electrons. The van der Waals surface area contributed by atoms with E-state index in [0.717, 1.165) is 11.3 Å². The van der Waals surface area contributed by atoms with Gasteiger partial charge in [0.05, 0.1) is 10.6 Å². The van der Waals surface area contributed by atoms with Crippen molar-refractivity contribution in [3.8, 4) is 0 Å². The number of amides is 1. The SMILES string of the molecule is C=CCOC(=O)c1sc(NC(=O)c2ccc(S(=O)(=O)c3ccc(Cl)cc3)o2)nc1C. The van der Waals surface area contributed by atoms with Gasteiger partial charge in [-0.15, -0.1) is 0 Å². The van der Waals surface area contributed by atoms with Crippen molar-refractivity contribution in [1.82, 2.24) is 4.98 Å². The van der Waals surface area contributed by atoms with Crippen LogP contribution in [0.15, 0.2) is 63.5 Å². The second-order valence-corrected chi connectivity index (χ2v) is 9.17. The van der Waals surface area contributed by atoms with Crippen LogP contribution < -0.4 is 5.32 Å². The second-order valence-electron chi connectivity index (χ2n) is 5.85. The summed E-state index contributed by atoms with van der Waals surface area (Å²) in [4.78, 5) is 28.7. The van der Waals surface area contributed by atoms with Gasteiger partial charge in [-0.3, -0.25) is 10.1 Å². The van der Waals surface area contributed by atoms with Crippen molar-refractivity contribution in [3.63, 3.8) is 0 Å². The van der Waals surface area contributed by atoms with Crippen LogP contribution in [0.5, 0.6) is 0 Å². The number of benzene rings is 1. The number of anilines is 1. The maximum Gasteiger partial charge on any atom is 0.350 e. The van der Waals surface area contributed by atoms with Gasteiger partial charge in [0.25, 0.3) is 5.91 Å². The Morgan fingerprint density at radius 3 is 2.63 bits per heavy atom. The Kier molecular flexibility index (Phi) is 6.40. The van der Waals surface area contributed by atoms with E-state index >= 15 is 0 Å². The van der Waals surface area contributed by atoms with Gasteiger partial charge in [0.15, 0.2) is 10.9 Å². The third-order valence-electron chi connectivity index (χ3n) is 3.73. The van der Waals surface area contributed by atoms with Crippen molar-refractivity contribution in [2.75, 3.05) is 11.9 Å². The first-order valence-corrected chi connectivity index (χ1v) is 11.1. The largest absolute Gasteiger partial charge is 0.457 e. The minimum Gasteiger partial charge on any atom is -0.457 e. The summed E-state index contributed by atoms with van der Waals surface area (Å²) < 4.78 is 35.4. The van der Waals surface area contributed by atoms with Crippen molar-refractivity contribution in [2.24, 2.45) is 0 Å². The molecule has 11 heteroatoms. The van der Waals surface area contributed by atoms with Crippen LogP contribution in [-0.2, 0) is 14.6 Å². The molecule has 1 aromatic carbocycles. The molecule has 1 amide bonds. The Hall–Kier alpha value is -2.95. The number of aryl methyl sites for hydroxylation is 1. The highest BCUT2D eigenvalue weighted by atomic mass is 35.5.